The molecule has 0 atom stereocenters. The summed E-state index contributed by atoms with van der Waals surface area (Å²) in [5, 5.41) is 1.94. The Labute approximate surface area is 116 Å². The fraction of sp³-hybridized carbons (Fsp3) is 0.267. The van der Waals surface area contributed by atoms with Crippen LogP contribution in [0.4, 0.5) is 0 Å². The third kappa shape index (κ3) is 2.24. The molecule has 2 heterocycles. The maximum absolute atomic E-state index is 12.4. The smallest absolute Gasteiger partial charge is 0.264 e. The maximum atomic E-state index is 12.4. The molecule has 0 spiro atoms. The number of methoxy groups -OCH3 is 1. The minimum absolute atomic E-state index is 0.117. The van der Waals surface area contributed by atoms with Crippen molar-refractivity contribution in [3.63, 3.8) is 0 Å². The average molecular weight is 273 g/mol. The maximum Gasteiger partial charge on any atom is 0.264 e. The summed E-state index contributed by atoms with van der Waals surface area (Å²) in [4.78, 5) is 15.1. The minimum atomic E-state index is 0.117. The number of benzene rings is 1. The Hall–Kier alpha value is -1.81. The number of ether oxygens (including phenoxy) is 1. The molecule has 0 aliphatic carbocycles. The molecule has 0 saturated carbocycles. The highest BCUT2D eigenvalue weighted by Gasteiger charge is 2.24. The number of thiophene rings is 1. The fourth-order valence-electron chi connectivity index (χ4n) is 2.47. The summed E-state index contributed by atoms with van der Waals surface area (Å²) in [5.41, 5.74) is 2.43. The molecule has 1 amide bonds. The van der Waals surface area contributed by atoms with Crippen molar-refractivity contribution in [2.45, 2.75) is 13.0 Å². The highest BCUT2D eigenvalue weighted by molar-refractivity contribution is 7.12. The van der Waals surface area contributed by atoms with Crippen molar-refractivity contribution in [2.75, 3.05) is 13.7 Å². The van der Waals surface area contributed by atoms with E-state index in [2.05, 4.69) is 6.07 Å². The molecule has 0 unspecified atom stereocenters. The van der Waals surface area contributed by atoms with Crippen molar-refractivity contribution in [3.05, 3.63) is 51.7 Å². The molecule has 1 aliphatic heterocycles. The molecule has 1 aromatic carbocycles. The van der Waals surface area contributed by atoms with Gasteiger partial charge in [0.1, 0.15) is 5.75 Å². The Balaban J connectivity index is 1.87. The quantitative estimate of drug-likeness (QED) is 0.842. The van der Waals surface area contributed by atoms with Crippen LogP contribution in [0.1, 0.15) is 20.8 Å². The van der Waals surface area contributed by atoms with E-state index < -0.39 is 0 Å². The summed E-state index contributed by atoms with van der Waals surface area (Å²) in [5.74, 6) is 0.993. The van der Waals surface area contributed by atoms with Crippen LogP contribution < -0.4 is 4.74 Å². The number of nitrogens with zero attached hydrogens (tertiary/aromatic N) is 1. The first-order valence-corrected chi connectivity index (χ1v) is 7.15. The topological polar surface area (TPSA) is 29.5 Å². The molecule has 0 radical (unpaired) electrons. The second-order valence-corrected chi connectivity index (χ2v) is 5.50. The van der Waals surface area contributed by atoms with E-state index >= 15 is 0 Å². The molecule has 0 fully saturated rings. The van der Waals surface area contributed by atoms with Crippen LogP contribution in [-0.4, -0.2) is 24.5 Å². The summed E-state index contributed by atoms with van der Waals surface area (Å²) >= 11 is 1.49. The summed E-state index contributed by atoms with van der Waals surface area (Å²) in [6.45, 7) is 1.41. The standard InChI is InChI=1S/C15H15NO2S/c1-18-13-5-2-4-11-7-8-16(10-12(11)13)15(17)14-6-3-9-19-14/h2-6,9H,7-8,10H2,1H3. The molecule has 19 heavy (non-hydrogen) atoms. The number of hydrogen-bond donors (Lipinski definition) is 0. The summed E-state index contributed by atoms with van der Waals surface area (Å²) in [6, 6.07) is 9.87. The van der Waals surface area contributed by atoms with Crippen LogP contribution in [0.3, 0.4) is 0 Å². The van der Waals surface area contributed by atoms with E-state index in [-0.39, 0.29) is 5.91 Å². The second kappa shape index (κ2) is 5.05. The van der Waals surface area contributed by atoms with Gasteiger partial charge in [-0.05, 0) is 29.5 Å². The van der Waals surface area contributed by atoms with Crippen LogP contribution in [0.5, 0.6) is 5.75 Å². The number of carbonyl (C=O) groups is 1. The zero-order chi connectivity index (χ0) is 13.2. The zero-order valence-electron chi connectivity index (χ0n) is 10.8. The first-order chi connectivity index (χ1) is 9.29. The molecule has 98 valence electrons. The van der Waals surface area contributed by atoms with E-state index in [0.29, 0.717) is 6.54 Å². The average Bonchev–Trinajstić information content (AvgIpc) is 2.99. The summed E-state index contributed by atoms with van der Waals surface area (Å²) in [7, 11) is 1.68. The Morgan fingerprint density at radius 1 is 1.32 bits per heavy atom. The van der Waals surface area contributed by atoms with Crippen molar-refractivity contribution in [1.82, 2.24) is 4.90 Å². The lowest BCUT2D eigenvalue weighted by molar-refractivity contribution is 0.0738. The lowest BCUT2D eigenvalue weighted by atomic mass is 9.98. The van der Waals surface area contributed by atoms with Crippen LogP contribution in [-0.2, 0) is 13.0 Å². The van der Waals surface area contributed by atoms with E-state index in [0.717, 1.165) is 29.2 Å². The minimum Gasteiger partial charge on any atom is -0.496 e. The van der Waals surface area contributed by atoms with Gasteiger partial charge >= 0.3 is 0 Å². The van der Waals surface area contributed by atoms with Crippen molar-refractivity contribution >= 4 is 17.2 Å². The molecule has 1 aromatic heterocycles. The van der Waals surface area contributed by atoms with Crippen molar-refractivity contribution in [3.8, 4) is 5.75 Å². The predicted molar refractivity (Wildman–Crippen MR) is 75.8 cm³/mol. The lowest BCUT2D eigenvalue weighted by Gasteiger charge is -2.29. The normalized spacial score (nSPS) is 14.1. The van der Waals surface area contributed by atoms with E-state index in [1.165, 1.54) is 16.9 Å². The van der Waals surface area contributed by atoms with Gasteiger partial charge in [-0.2, -0.15) is 0 Å². The monoisotopic (exact) mass is 273 g/mol. The molecule has 3 nitrogen and oxygen atoms in total. The van der Waals surface area contributed by atoms with Gasteiger partial charge in [-0.25, -0.2) is 0 Å². The van der Waals surface area contributed by atoms with Crippen LogP contribution in [0.15, 0.2) is 35.7 Å². The Morgan fingerprint density at radius 3 is 2.95 bits per heavy atom. The molecular weight excluding hydrogens is 258 g/mol. The van der Waals surface area contributed by atoms with Gasteiger partial charge in [0, 0.05) is 18.7 Å². The number of carbonyl (C=O) groups excluding carboxylic acids is 1. The van der Waals surface area contributed by atoms with Crippen molar-refractivity contribution < 1.29 is 9.53 Å². The van der Waals surface area contributed by atoms with Crippen molar-refractivity contribution in [1.29, 1.82) is 0 Å². The molecule has 3 rings (SSSR count). The second-order valence-electron chi connectivity index (χ2n) is 4.55. The SMILES string of the molecule is COc1cccc2c1CN(C(=O)c1cccs1)CC2. The van der Waals surface area contributed by atoms with Gasteiger partial charge in [-0.15, -0.1) is 11.3 Å². The molecule has 4 heteroatoms. The molecular formula is C15H15NO2S. The Morgan fingerprint density at radius 2 is 2.21 bits per heavy atom. The van der Waals surface area contributed by atoms with Gasteiger partial charge in [-0.1, -0.05) is 18.2 Å². The fourth-order valence-corrected chi connectivity index (χ4v) is 3.16. The Bertz CT molecular complexity index is 578. The Kier molecular flexibility index (Phi) is 3.25. The third-order valence-electron chi connectivity index (χ3n) is 3.47. The lowest BCUT2D eigenvalue weighted by Crippen LogP contribution is -2.35. The number of rotatable bonds is 2. The zero-order valence-corrected chi connectivity index (χ0v) is 11.6. The van der Waals surface area contributed by atoms with Gasteiger partial charge in [0.15, 0.2) is 0 Å². The largest absolute Gasteiger partial charge is 0.496 e. The molecule has 0 saturated heterocycles. The van der Waals surface area contributed by atoms with Gasteiger partial charge < -0.3 is 9.64 Å². The predicted octanol–water partition coefficient (Wildman–Crippen LogP) is 2.96. The van der Waals surface area contributed by atoms with E-state index in [4.69, 9.17) is 4.74 Å². The van der Waals surface area contributed by atoms with Gasteiger partial charge in [0.2, 0.25) is 0 Å². The third-order valence-corrected chi connectivity index (χ3v) is 4.33. The van der Waals surface area contributed by atoms with Gasteiger partial charge in [0.25, 0.3) is 5.91 Å². The first-order valence-electron chi connectivity index (χ1n) is 6.27. The summed E-state index contributed by atoms with van der Waals surface area (Å²) in [6.07, 6.45) is 0.893. The van der Waals surface area contributed by atoms with Crippen LogP contribution >= 0.6 is 11.3 Å². The highest BCUT2D eigenvalue weighted by Crippen LogP contribution is 2.29. The molecule has 0 N–H and O–H groups in total. The van der Waals surface area contributed by atoms with E-state index in [1.54, 1.807) is 7.11 Å². The van der Waals surface area contributed by atoms with Crippen LogP contribution in [0, 0.1) is 0 Å². The summed E-state index contributed by atoms with van der Waals surface area (Å²) < 4.78 is 5.40. The molecule has 2 aromatic rings. The van der Waals surface area contributed by atoms with E-state index in [1.807, 2.05) is 34.5 Å². The van der Waals surface area contributed by atoms with E-state index in [9.17, 15) is 4.79 Å². The highest BCUT2D eigenvalue weighted by atomic mass is 32.1. The number of fused-ring (bicyclic) bond motifs is 1. The van der Waals surface area contributed by atoms with Crippen LogP contribution in [0.2, 0.25) is 0 Å². The first kappa shape index (κ1) is 12.2. The van der Waals surface area contributed by atoms with Crippen LogP contribution in [0.25, 0.3) is 0 Å². The molecule has 1 aliphatic rings. The number of amides is 1. The number of hydrogen-bond acceptors (Lipinski definition) is 3. The van der Waals surface area contributed by atoms with Gasteiger partial charge in [-0.3, -0.25) is 4.79 Å². The van der Waals surface area contributed by atoms with Crippen molar-refractivity contribution in [2.24, 2.45) is 0 Å². The van der Waals surface area contributed by atoms with Gasteiger partial charge in [0.05, 0.1) is 12.0 Å². The molecule has 0 bridgehead atoms.